The molecule has 0 saturated carbocycles. The van der Waals surface area contributed by atoms with E-state index in [4.69, 9.17) is 9.47 Å². The maximum absolute atomic E-state index is 13.0. The van der Waals surface area contributed by atoms with Crippen LogP contribution in [0.2, 0.25) is 0 Å². The topological polar surface area (TPSA) is 81.6 Å². The second kappa shape index (κ2) is 7.55. The number of piperidine rings is 1. The zero-order valence-corrected chi connectivity index (χ0v) is 16.3. The molecule has 1 fully saturated rings. The third-order valence-corrected chi connectivity index (χ3v) is 6.02. The normalized spacial score (nSPS) is 22.3. The monoisotopic (exact) mass is 395 g/mol. The van der Waals surface area contributed by atoms with Crippen LogP contribution in [0.1, 0.15) is 40.4 Å². The van der Waals surface area contributed by atoms with Crippen molar-refractivity contribution in [3.8, 4) is 11.5 Å². The number of pyridine rings is 1. The maximum atomic E-state index is 13.0. The summed E-state index contributed by atoms with van der Waals surface area (Å²) >= 11 is 0. The summed E-state index contributed by atoms with van der Waals surface area (Å²) in [5.41, 5.74) is 1.96. The number of aromatic nitrogens is 1. The summed E-state index contributed by atoms with van der Waals surface area (Å²) in [5, 5.41) is 6.31. The molecule has 0 aliphatic carbocycles. The largest absolute Gasteiger partial charge is 0.490 e. The van der Waals surface area contributed by atoms with Gasteiger partial charge in [-0.15, -0.1) is 0 Å². The summed E-state index contributed by atoms with van der Waals surface area (Å²) in [6.45, 7) is 4.09. The SMILES string of the molecule is O=C(NCc1ccc2c(c1)OCCCO2)c1ccc2n(c1=O)C[C@@H]1CNC[C@H]2C1. The summed E-state index contributed by atoms with van der Waals surface area (Å²) in [6.07, 6.45) is 1.96. The van der Waals surface area contributed by atoms with Crippen LogP contribution in [0.5, 0.6) is 11.5 Å². The standard InChI is InChI=1S/C22H25N3O4/c26-21(24-11-14-2-5-19-20(9-14)29-7-1-6-28-19)17-3-4-18-16-8-15(10-23-12-16)13-25(18)22(17)27/h2-5,9,15-16,23H,1,6-8,10-13H2,(H,24,26)/t15-,16+/m0/s1. The van der Waals surface area contributed by atoms with Crippen LogP contribution >= 0.6 is 0 Å². The fraction of sp³-hybridized carbons (Fsp3) is 0.455. The van der Waals surface area contributed by atoms with Gasteiger partial charge in [0, 0.05) is 37.7 Å². The van der Waals surface area contributed by atoms with Crippen LogP contribution < -0.4 is 25.7 Å². The van der Waals surface area contributed by atoms with Crippen LogP contribution in [0.3, 0.4) is 0 Å². The first-order valence-corrected chi connectivity index (χ1v) is 10.3. The number of carbonyl (C=O) groups is 1. The van der Waals surface area contributed by atoms with E-state index in [0.717, 1.165) is 42.9 Å². The first kappa shape index (κ1) is 18.2. The molecule has 2 aromatic rings. The molecule has 7 heteroatoms. The van der Waals surface area contributed by atoms with Crippen LogP contribution in [0.15, 0.2) is 35.1 Å². The van der Waals surface area contributed by atoms with Crippen molar-refractivity contribution in [2.24, 2.45) is 5.92 Å². The maximum Gasteiger partial charge on any atom is 0.263 e. The minimum atomic E-state index is -0.341. The third-order valence-electron chi connectivity index (χ3n) is 6.02. The molecule has 1 amide bonds. The molecule has 2 N–H and O–H groups in total. The number of amides is 1. The fourth-order valence-electron chi connectivity index (χ4n) is 4.56. The van der Waals surface area contributed by atoms with Crippen molar-refractivity contribution in [2.75, 3.05) is 26.3 Å². The lowest BCUT2D eigenvalue weighted by Gasteiger charge is -2.37. The van der Waals surface area contributed by atoms with E-state index < -0.39 is 0 Å². The molecule has 4 heterocycles. The Morgan fingerprint density at radius 1 is 1.14 bits per heavy atom. The molecule has 3 aliphatic heterocycles. The van der Waals surface area contributed by atoms with Crippen molar-refractivity contribution >= 4 is 5.91 Å². The lowest BCUT2D eigenvalue weighted by atomic mass is 9.84. The second-order valence-corrected chi connectivity index (χ2v) is 8.06. The zero-order chi connectivity index (χ0) is 19.8. The number of benzene rings is 1. The minimum absolute atomic E-state index is 0.185. The van der Waals surface area contributed by atoms with E-state index in [1.54, 1.807) is 6.07 Å². The number of carbonyl (C=O) groups excluding carboxylic acids is 1. The molecule has 2 bridgehead atoms. The predicted molar refractivity (Wildman–Crippen MR) is 108 cm³/mol. The van der Waals surface area contributed by atoms with Crippen LogP contribution in [-0.4, -0.2) is 36.8 Å². The Kier molecular flexibility index (Phi) is 4.75. The smallest absolute Gasteiger partial charge is 0.263 e. The molecule has 0 spiro atoms. The molecular formula is C22H25N3O4. The van der Waals surface area contributed by atoms with E-state index in [2.05, 4.69) is 10.6 Å². The highest BCUT2D eigenvalue weighted by Gasteiger charge is 2.31. The van der Waals surface area contributed by atoms with Gasteiger partial charge in [0.2, 0.25) is 0 Å². The van der Waals surface area contributed by atoms with Crippen molar-refractivity contribution < 1.29 is 14.3 Å². The van der Waals surface area contributed by atoms with Gasteiger partial charge in [0.15, 0.2) is 11.5 Å². The van der Waals surface area contributed by atoms with Crippen LogP contribution in [0.4, 0.5) is 0 Å². The van der Waals surface area contributed by atoms with E-state index in [1.807, 2.05) is 28.8 Å². The Balaban J connectivity index is 1.32. The number of hydrogen-bond acceptors (Lipinski definition) is 5. The highest BCUT2D eigenvalue weighted by Crippen LogP contribution is 2.32. The van der Waals surface area contributed by atoms with Crippen molar-refractivity contribution in [1.29, 1.82) is 0 Å². The van der Waals surface area contributed by atoms with Gasteiger partial charge in [0.25, 0.3) is 11.5 Å². The molecule has 0 radical (unpaired) electrons. The van der Waals surface area contributed by atoms with Gasteiger partial charge in [-0.05, 0) is 48.7 Å². The van der Waals surface area contributed by atoms with E-state index in [-0.39, 0.29) is 17.0 Å². The van der Waals surface area contributed by atoms with Gasteiger partial charge < -0.3 is 24.7 Å². The number of nitrogens with zero attached hydrogens (tertiary/aromatic N) is 1. The van der Waals surface area contributed by atoms with E-state index in [9.17, 15) is 9.59 Å². The van der Waals surface area contributed by atoms with Crippen molar-refractivity contribution in [3.63, 3.8) is 0 Å². The molecule has 1 aromatic carbocycles. The van der Waals surface area contributed by atoms with Crippen molar-refractivity contribution in [3.05, 3.63) is 57.5 Å². The van der Waals surface area contributed by atoms with E-state index in [0.29, 0.717) is 43.9 Å². The number of ether oxygens (including phenoxy) is 2. The highest BCUT2D eigenvalue weighted by atomic mass is 16.5. The van der Waals surface area contributed by atoms with Crippen LogP contribution in [0, 0.1) is 5.92 Å². The van der Waals surface area contributed by atoms with Gasteiger partial charge >= 0.3 is 0 Å². The summed E-state index contributed by atoms with van der Waals surface area (Å²) in [4.78, 5) is 25.7. The number of rotatable bonds is 3. The van der Waals surface area contributed by atoms with Crippen LogP contribution in [0.25, 0.3) is 0 Å². The van der Waals surface area contributed by atoms with Gasteiger partial charge in [-0.1, -0.05) is 6.07 Å². The molecule has 1 aromatic heterocycles. The lowest BCUT2D eigenvalue weighted by molar-refractivity contribution is 0.0948. The van der Waals surface area contributed by atoms with Gasteiger partial charge in [-0.3, -0.25) is 9.59 Å². The van der Waals surface area contributed by atoms with Gasteiger partial charge in [-0.25, -0.2) is 0 Å². The Morgan fingerprint density at radius 3 is 2.90 bits per heavy atom. The number of fused-ring (bicyclic) bond motifs is 5. The molecule has 0 unspecified atom stereocenters. The number of hydrogen-bond donors (Lipinski definition) is 2. The lowest BCUT2D eigenvalue weighted by Crippen LogP contribution is -2.46. The van der Waals surface area contributed by atoms with Gasteiger partial charge in [0.1, 0.15) is 5.56 Å². The Bertz CT molecular complexity index is 1000. The Labute approximate surface area is 169 Å². The molecule has 2 atom stereocenters. The van der Waals surface area contributed by atoms with Crippen molar-refractivity contribution in [2.45, 2.75) is 31.8 Å². The minimum Gasteiger partial charge on any atom is -0.490 e. The highest BCUT2D eigenvalue weighted by molar-refractivity contribution is 5.93. The second-order valence-electron chi connectivity index (χ2n) is 8.06. The molecule has 152 valence electrons. The Hall–Kier alpha value is -2.80. The molecule has 3 aliphatic rings. The van der Waals surface area contributed by atoms with Gasteiger partial charge in [0.05, 0.1) is 13.2 Å². The van der Waals surface area contributed by atoms with E-state index in [1.165, 1.54) is 0 Å². The fourth-order valence-corrected chi connectivity index (χ4v) is 4.56. The molecule has 1 saturated heterocycles. The van der Waals surface area contributed by atoms with Crippen LogP contribution in [-0.2, 0) is 13.1 Å². The molecule has 29 heavy (non-hydrogen) atoms. The summed E-state index contributed by atoms with van der Waals surface area (Å²) in [6, 6.07) is 9.27. The molecular weight excluding hydrogens is 370 g/mol. The predicted octanol–water partition coefficient (Wildman–Crippen LogP) is 1.65. The summed E-state index contributed by atoms with van der Waals surface area (Å²) in [7, 11) is 0. The average Bonchev–Trinajstić information content (AvgIpc) is 2.98. The number of nitrogens with one attached hydrogen (secondary N) is 2. The molecule has 7 nitrogen and oxygen atoms in total. The summed E-state index contributed by atoms with van der Waals surface area (Å²) in [5.74, 6) is 1.90. The average molecular weight is 395 g/mol. The van der Waals surface area contributed by atoms with Crippen molar-refractivity contribution in [1.82, 2.24) is 15.2 Å². The Morgan fingerprint density at radius 2 is 2.00 bits per heavy atom. The van der Waals surface area contributed by atoms with Gasteiger partial charge in [-0.2, -0.15) is 0 Å². The van der Waals surface area contributed by atoms with E-state index >= 15 is 0 Å². The first-order valence-electron chi connectivity index (χ1n) is 10.3. The zero-order valence-electron chi connectivity index (χ0n) is 16.3. The quantitative estimate of drug-likeness (QED) is 0.826. The molecule has 5 rings (SSSR count). The first-order chi connectivity index (χ1) is 14.2. The third kappa shape index (κ3) is 3.51. The summed E-state index contributed by atoms with van der Waals surface area (Å²) < 4.78 is 13.1.